The number of nitrogens with zero attached hydrogens (tertiary/aromatic N) is 3. The first-order chi connectivity index (χ1) is 9.81. The molecule has 0 aliphatic heterocycles. The molecule has 0 atom stereocenters. The van der Waals surface area contributed by atoms with Crippen molar-refractivity contribution in [1.82, 2.24) is 20.8 Å². The average molecular weight is 435 g/mol. The van der Waals surface area contributed by atoms with Gasteiger partial charge in [0.1, 0.15) is 0 Å². The summed E-state index contributed by atoms with van der Waals surface area (Å²) in [5.41, 5.74) is 0. The maximum atomic E-state index is 12.0. The summed E-state index contributed by atoms with van der Waals surface area (Å²) < 4.78 is 41.1. The number of hydrogen-bond acceptors (Lipinski definition) is 4. The van der Waals surface area contributed by atoms with Crippen molar-refractivity contribution >= 4 is 29.9 Å². The van der Waals surface area contributed by atoms with Gasteiger partial charge in [-0.05, 0) is 0 Å². The van der Waals surface area contributed by atoms with Crippen LogP contribution in [0.1, 0.15) is 37.9 Å². The van der Waals surface area contributed by atoms with E-state index in [-0.39, 0.29) is 36.4 Å². The highest BCUT2D eigenvalue weighted by Gasteiger charge is 2.26. The summed E-state index contributed by atoms with van der Waals surface area (Å²) in [6.07, 6.45) is -4.61. The molecule has 0 fully saturated rings. The zero-order chi connectivity index (χ0) is 15.9. The molecule has 0 aromatic carbocycles. The number of halogens is 4. The van der Waals surface area contributed by atoms with E-state index in [2.05, 4.69) is 25.8 Å². The number of rotatable bonds is 6. The summed E-state index contributed by atoms with van der Waals surface area (Å²) in [5.74, 6) is 1.62. The van der Waals surface area contributed by atoms with Crippen molar-refractivity contribution in [2.24, 2.45) is 4.99 Å². The van der Waals surface area contributed by atoms with E-state index in [0.717, 1.165) is 0 Å². The van der Waals surface area contributed by atoms with Crippen LogP contribution in [0.5, 0.6) is 0 Å². The first kappa shape index (κ1) is 20.9. The second-order valence-electron chi connectivity index (χ2n) is 4.74. The van der Waals surface area contributed by atoms with Crippen LogP contribution in [0.3, 0.4) is 0 Å². The smallest absolute Gasteiger partial charge is 0.356 e. The van der Waals surface area contributed by atoms with E-state index in [1.54, 1.807) is 0 Å². The third-order valence-corrected chi connectivity index (χ3v) is 2.56. The molecule has 128 valence electrons. The van der Waals surface area contributed by atoms with Crippen LogP contribution in [0.2, 0.25) is 0 Å². The van der Waals surface area contributed by atoms with E-state index in [1.165, 1.54) is 7.05 Å². The van der Waals surface area contributed by atoms with E-state index in [0.29, 0.717) is 30.6 Å². The molecule has 0 unspecified atom stereocenters. The van der Waals surface area contributed by atoms with Gasteiger partial charge in [-0.3, -0.25) is 4.99 Å². The minimum Gasteiger partial charge on any atom is -0.356 e. The third kappa shape index (κ3) is 8.39. The number of aliphatic imine (C=N–C) groups is 1. The quantitative estimate of drug-likeness (QED) is 0.408. The Balaban J connectivity index is 0.00000441. The first-order valence-electron chi connectivity index (χ1n) is 6.65. The highest BCUT2D eigenvalue weighted by Crippen LogP contribution is 2.18. The van der Waals surface area contributed by atoms with Gasteiger partial charge in [0.05, 0.1) is 6.42 Å². The van der Waals surface area contributed by atoms with Crippen LogP contribution in [0.25, 0.3) is 0 Å². The van der Waals surface area contributed by atoms with Crippen LogP contribution in [-0.2, 0) is 6.42 Å². The monoisotopic (exact) mass is 435 g/mol. The van der Waals surface area contributed by atoms with Crippen molar-refractivity contribution < 1.29 is 17.7 Å². The molecule has 1 heterocycles. The minimum absolute atomic E-state index is 0. The van der Waals surface area contributed by atoms with Crippen LogP contribution in [0.15, 0.2) is 9.52 Å². The van der Waals surface area contributed by atoms with Crippen molar-refractivity contribution in [3.05, 3.63) is 11.7 Å². The fourth-order valence-electron chi connectivity index (χ4n) is 1.44. The molecule has 0 saturated heterocycles. The Labute approximate surface area is 144 Å². The maximum Gasteiger partial charge on any atom is 0.390 e. The van der Waals surface area contributed by atoms with Crippen molar-refractivity contribution in [1.29, 1.82) is 0 Å². The molecule has 1 aromatic heterocycles. The summed E-state index contributed by atoms with van der Waals surface area (Å²) in [4.78, 5) is 8.03. The van der Waals surface area contributed by atoms with Crippen LogP contribution in [0.4, 0.5) is 13.2 Å². The standard InChI is InChI=1S/C12H20F3N5O.HI/c1-8(2)10-19-9(21-20-10)4-6-17-11(16-3)18-7-5-12(13,14)15;/h8H,4-7H2,1-3H3,(H2,16,17,18);1H. The molecular formula is C12H21F3IN5O. The number of aromatic nitrogens is 2. The molecular weight excluding hydrogens is 414 g/mol. The van der Waals surface area contributed by atoms with E-state index in [9.17, 15) is 13.2 Å². The van der Waals surface area contributed by atoms with E-state index in [4.69, 9.17) is 4.52 Å². The minimum atomic E-state index is -4.18. The Morgan fingerprint density at radius 3 is 2.41 bits per heavy atom. The van der Waals surface area contributed by atoms with E-state index < -0.39 is 12.6 Å². The Kier molecular flexibility index (Phi) is 9.37. The molecule has 6 nitrogen and oxygen atoms in total. The second kappa shape index (κ2) is 9.85. The lowest BCUT2D eigenvalue weighted by molar-refractivity contribution is -0.132. The molecule has 1 aromatic rings. The van der Waals surface area contributed by atoms with Crippen molar-refractivity contribution in [2.75, 3.05) is 20.1 Å². The topological polar surface area (TPSA) is 75.3 Å². The van der Waals surface area contributed by atoms with Gasteiger partial charge < -0.3 is 15.2 Å². The van der Waals surface area contributed by atoms with E-state index in [1.807, 2.05) is 13.8 Å². The van der Waals surface area contributed by atoms with Gasteiger partial charge in [-0.2, -0.15) is 18.2 Å². The first-order valence-corrected chi connectivity index (χ1v) is 6.65. The molecule has 10 heteroatoms. The zero-order valence-corrected chi connectivity index (χ0v) is 15.0. The SMILES string of the molecule is CN=C(NCCc1nc(C(C)C)no1)NCCC(F)(F)F.I. The lowest BCUT2D eigenvalue weighted by atomic mass is 10.2. The molecule has 0 amide bonds. The van der Waals surface area contributed by atoms with Gasteiger partial charge in [0.25, 0.3) is 0 Å². The molecule has 0 spiro atoms. The number of alkyl halides is 3. The molecule has 1 rings (SSSR count). The predicted molar refractivity (Wildman–Crippen MR) is 87.5 cm³/mol. The van der Waals surface area contributed by atoms with Gasteiger partial charge in [0.15, 0.2) is 11.8 Å². The molecule has 0 saturated carbocycles. The Morgan fingerprint density at radius 2 is 1.91 bits per heavy atom. The third-order valence-electron chi connectivity index (χ3n) is 2.56. The zero-order valence-electron chi connectivity index (χ0n) is 12.7. The van der Waals surface area contributed by atoms with Crippen LogP contribution in [0, 0.1) is 0 Å². The summed E-state index contributed by atoms with van der Waals surface area (Å²) in [6, 6.07) is 0. The van der Waals surface area contributed by atoms with Gasteiger partial charge in [0.2, 0.25) is 5.89 Å². The summed E-state index contributed by atoms with van der Waals surface area (Å²) >= 11 is 0. The van der Waals surface area contributed by atoms with Crippen LogP contribution >= 0.6 is 24.0 Å². The largest absolute Gasteiger partial charge is 0.390 e. The second-order valence-corrected chi connectivity index (χ2v) is 4.74. The average Bonchev–Trinajstić information content (AvgIpc) is 2.84. The summed E-state index contributed by atoms with van der Waals surface area (Å²) in [5, 5.41) is 9.30. The lowest BCUT2D eigenvalue weighted by Gasteiger charge is -2.12. The molecule has 22 heavy (non-hydrogen) atoms. The van der Waals surface area contributed by atoms with Crippen molar-refractivity contribution in [3.8, 4) is 0 Å². The van der Waals surface area contributed by atoms with Gasteiger partial charge >= 0.3 is 6.18 Å². The van der Waals surface area contributed by atoms with Gasteiger partial charge in [-0.25, -0.2) is 0 Å². The summed E-state index contributed by atoms with van der Waals surface area (Å²) in [7, 11) is 1.49. The molecule has 0 aliphatic carbocycles. The van der Waals surface area contributed by atoms with Gasteiger partial charge in [0, 0.05) is 32.5 Å². The molecule has 0 bridgehead atoms. The Hall–Kier alpha value is -1.07. The Bertz CT molecular complexity index is 462. The molecule has 0 aliphatic rings. The highest BCUT2D eigenvalue weighted by molar-refractivity contribution is 14.0. The van der Waals surface area contributed by atoms with Crippen molar-refractivity contribution in [2.45, 2.75) is 38.8 Å². The van der Waals surface area contributed by atoms with Crippen LogP contribution < -0.4 is 10.6 Å². The predicted octanol–water partition coefficient (Wildman–Crippen LogP) is 2.47. The number of guanidine groups is 1. The van der Waals surface area contributed by atoms with Gasteiger partial charge in [-0.1, -0.05) is 19.0 Å². The van der Waals surface area contributed by atoms with Gasteiger partial charge in [-0.15, -0.1) is 24.0 Å². The number of hydrogen-bond donors (Lipinski definition) is 2. The fraction of sp³-hybridized carbons (Fsp3) is 0.750. The van der Waals surface area contributed by atoms with E-state index >= 15 is 0 Å². The molecule has 2 N–H and O–H groups in total. The lowest BCUT2D eigenvalue weighted by Crippen LogP contribution is -2.39. The Morgan fingerprint density at radius 1 is 1.27 bits per heavy atom. The summed E-state index contributed by atoms with van der Waals surface area (Å²) in [6.45, 7) is 4.13. The van der Waals surface area contributed by atoms with Crippen molar-refractivity contribution in [3.63, 3.8) is 0 Å². The highest BCUT2D eigenvalue weighted by atomic mass is 127. The number of nitrogens with one attached hydrogen (secondary N) is 2. The fourth-order valence-corrected chi connectivity index (χ4v) is 1.44. The maximum absolute atomic E-state index is 12.0. The van der Waals surface area contributed by atoms with Crippen LogP contribution in [-0.4, -0.2) is 42.4 Å². The molecule has 0 radical (unpaired) electrons. The normalized spacial score (nSPS) is 12.2.